The van der Waals surface area contributed by atoms with Gasteiger partial charge in [0.25, 0.3) is 0 Å². The first-order chi connectivity index (χ1) is 4.77. The predicted molar refractivity (Wildman–Crippen MR) is 46.0 cm³/mol. The normalized spacial score (nSPS) is 41.9. The molecule has 3 heteroatoms. The second-order valence-electron chi connectivity index (χ2n) is 3.57. The number of fused-ring (bicyclic) bond motifs is 3. The van der Waals surface area contributed by atoms with E-state index in [1.807, 2.05) is 0 Å². The Morgan fingerprint density at radius 3 is 2.64 bits per heavy atom. The Kier molecular flexibility index (Phi) is 2.55. The number of Topliss-reactive ketones (excluding diaryl/α,β-unsaturated/α-hetero) is 1. The van der Waals surface area contributed by atoms with Gasteiger partial charge in [0, 0.05) is 12.5 Å². The van der Waals surface area contributed by atoms with Crippen LogP contribution in [0.25, 0.3) is 0 Å². The highest BCUT2D eigenvalue weighted by Crippen LogP contribution is 2.28. The molecule has 64 valence electrons. The van der Waals surface area contributed by atoms with E-state index in [4.69, 9.17) is 0 Å². The van der Waals surface area contributed by atoms with E-state index in [2.05, 4.69) is 11.8 Å². The van der Waals surface area contributed by atoms with Crippen molar-refractivity contribution in [1.82, 2.24) is 4.90 Å². The highest BCUT2D eigenvalue weighted by atomic mass is 35.5. The molecule has 0 aromatic heterocycles. The highest BCUT2D eigenvalue weighted by Gasteiger charge is 2.37. The van der Waals surface area contributed by atoms with Crippen molar-refractivity contribution in [2.75, 3.05) is 19.6 Å². The molecule has 2 bridgehead atoms. The van der Waals surface area contributed by atoms with E-state index in [0.717, 1.165) is 26.1 Å². The van der Waals surface area contributed by atoms with E-state index in [1.54, 1.807) is 0 Å². The lowest BCUT2D eigenvalue weighted by Gasteiger charge is -2.42. The first kappa shape index (κ1) is 9.01. The third-order valence-corrected chi connectivity index (χ3v) is 2.78. The molecule has 3 aliphatic rings. The van der Waals surface area contributed by atoms with Crippen LogP contribution in [0.4, 0.5) is 0 Å². The largest absolute Gasteiger partial charge is 0.298 e. The van der Waals surface area contributed by atoms with Crippen LogP contribution in [0.1, 0.15) is 13.3 Å². The van der Waals surface area contributed by atoms with Gasteiger partial charge >= 0.3 is 0 Å². The molecule has 3 fully saturated rings. The van der Waals surface area contributed by atoms with Gasteiger partial charge in [-0.05, 0) is 18.9 Å². The van der Waals surface area contributed by atoms with Crippen LogP contribution in [0.2, 0.25) is 0 Å². The quantitative estimate of drug-likeness (QED) is 0.547. The van der Waals surface area contributed by atoms with Crippen LogP contribution < -0.4 is 0 Å². The zero-order chi connectivity index (χ0) is 7.14. The number of hydrogen-bond acceptors (Lipinski definition) is 2. The summed E-state index contributed by atoms with van der Waals surface area (Å²) in [6, 6.07) is 0. The van der Waals surface area contributed by atoms with E-state index < -0.39 is 0 Å². The molecule has 0 amide bonds. The van der Waals surface area contributed by atoms with Gasteiger partial charge in [-0.2, -0.15) is 0 Å². The van der Waals surface area contributed by atoms with E-state index in [9.17, 15) is 4.79 Å². The van der Waals surface area contributed by atoms with Crippen molar-refractivity contribution in [1.29, 1.82) is 0 Å². The van der Waals surface area contributed by atoms with Gasteiger partial charge in [-0.3, -0.25) is 9.69 Å². The Bertz CT molecular complexity index is 171. The van der Waals surface area contributed by atoms with Gasteiger partial charge < -0.3 is 0 Å². The van der Waals surface area contributed by atoms with Crippen molar-refractivity contribution >= 4 is 18.2 Å². The molecule has 0 spiro atoms. The molecule has 0 radical (unpaired) electrons. The van der Waals surface area contributed by atoms with Gasteiger partial charge in [0.1, 0.15) is 5.78 Å². The van der Waals surface area contributed by atoms with Gasteiger partial charge in [-0.15, -0.1) is 12.4 Å². The number of nitrogens with zero attached hydrogens (tertiary/aromatic N) is 1. The lowest BCUT2D eigenvalue weighted by molar-refractivity contribution is -0.133. The summed E-state index contributed by atoms with van der Waals surface area (Å²) < 4.78 is 0. The summed E-state index contributed by atoms with van der Waals surface area (Å²) >= 11 is 0. The monoisotopic (exact) mass is 175 g/mol. The van der Waals surface area contributed by atoms with E-state index >= 15 is 0 Å². The molecule has 0 aromatic carbocycles. The standard InChI is InChI=1S/C8H13NO.ClH/c1-6-4-9-3-2-7(6)8(10)5-9;/h6-7H,2-5H2,1H3;1H/t6-,7-;/m0./s1. The molecule has 1 unspecified atom stereocenters. The summed E-state index contributed by atoms with van der Waals surface area (Å²) in [5, 5.41) is 0. The molecule has 0 aliphatic carbocycles. The molecule has 0 saturated carbocycles. The number of halogens is 1. The first-order valence-electron chi connectivity index (χ1n) is 4.02. The second kappa shape index (κ2) is 3.11. The molecular formula is C8H14ClNO. The zero-order valence-corrected chi connectivity index (χ0v) is 7.56. The minimum atomic E-state index is 0. The maximum Gasteiger partial charge on any atom is 0.150 e. The Balaban J connectivity index is 0.000000605. The number of piperidine rings is 3. The van der Waals surface area contributed by atoms with E-state index in [-0.39, 0.29) is 12.4 Å². The van der Waals surface area contributed by atoms with Crippen LogP contribution in [0.3, 0.4) is 0 Å². The molecule has 11 heavy (non-hydrogen) atoms. The average molecular weight is 176 g/mol. The Labute approximate surface area is 73.4 Å². The fourth-order valence-corrected chi connectivity index (χ4v) is 2.19. The molecular weight excluding hydrogens is 162 g/mol. The van der Waals surface area contributed by atoms with Crippen molar-refractivity contribution in [3.8, 4) is 0 Å². The van der Waals surface area contributed by atoms with Crippen LogP contribution in [0.5, 0.6) is 0 Å². The number of ketones is 1. The third-order valence-electron chi connectivity index (χ3n) is 2.78. The van der Waals surface area contributed by atoms with Gasteiger partial charge in [-0.25, -0.2) is 0 Å². The minimum Gasteiger partial charge on any atom is -0.298 e. The summed E-state index contributed by atoms with van der Waals surface area (Å²) in [4.78, 5) is 13.5. The molecule has 0 aromatic rings. The zero-order valence-electron chi connectivity index (χ0n) is 6.75. The van der Waals surface area contributed by atoms with E-state index in [1.165, 1.54) is 0 Å². The molecule has 0 N–H and O–H groups in total. The number of hydrogen-bond donors (Lipinski definition) is 0. The maximum atomic E-state index is 11.2. The molecule has 3 heterocycles. The third kappa shape index (κ3) is 1.42. The fourth-order valence-electron chi connectivity index (χ4n) is 2.19. The van der Waals surface area contributed by atoms with Crippen molar-refractivity contribution in [3.05, 3.63) is 0 Å². The summed E-state index contributed by atoms with van der Waals surface area (Å²) in [6.45, 7) is 5.22. The van der Waals surface area contributed by atoms with Gasteiger partial charge in [0.15, 0.2) is 0 Å². The van der Waals surface area contributed by atoms with Crippen LogP contribution in [0, 0.1) is 11.8 Å². The van der Waals surface area contributed by atoms with Crippen molar-refractivity contribution in [3.63, 3.8) is 0 Å². The Morgan fingerprint density at radius 2 is 2.27 bits per heavy atom. The molecule has 3 atom stereocenters. The lowest BCUT2D eigenvalue weighted by atomic mass is 9.79. The van der Waals surface area contributed by atoms with Gasteiger partial charge in [-0.1, -0.05) is 6.92 Å². The molecule has 3 saturated heterocycles. The van der Waals surface area contributed by atoms with E-state index in [0.29, 0.717) is 17.6 Å². The summed E-state index contributed by atoms with van der Waals surface area (Å²) in [5.74, 6) is 1.50. The highest BCUT2D eigenvalue weighted by molar-refractivity contribution is 5.85. The summed E-state index contributed by atoms with van der Waals surface area (Å²) in [6.07, 6.45) is 1.11. The molecule has 3 rings (SSSR count). The predicted octanol–water partition coefficient (Wildman–Crippen LogP) is 0.949. The van der Waals surface area contributed by atoms with Crippen LogP contribution in [-0.4, -0.2) is 30.3 Å². The molecule has 2 nitrogen and oxygen atoms in total. The smallest absolute Gasteiger partial charge is 0.150 e. The average Bonchev–Trinajstić information content (AvgIpc) is 1.86. The van der Waals surface area contributed by atoms with Crippen LogP contribution >= 0.6 is 12.4 Å². The van der Waals surface area contributed by atoms with Crippen LogP contribution in [-0.2, 0) is 4.79 Å². The van der Waals surface area contributed by atoms with Crippen molar-refractivity contribution in [2.24, 2.45) is 11.8 Å². The van der Waals surface area contributed by atoms with Crippen molar-refractivity contribution in [2.45, 2.75) is 13.3 Å². The van der Waals surface area contributed by atoms with Gasteiger partial charge in [0.2, 0.25) is 0 Å². The molecule has 3 aliphatic heterocycles. The number of rotatable bonds is 0. The Morgan fingerprint density at radius 1 is 1.55 bits per heavy atom. The number of carbonyl (C=O) groups excluding carboxylic acids is 1. The summed E-state index contributed by atoms with van der Waals surface area (Å²) in [5.41, 5.74) is 0. The minimum absolute atomic E-state index is 0. The topological polar surface area (TPSA) is 20.3 Å². The van der Waals surface area contributed by atoms with Crippen molar-refractivity contribution < 1.29 is 4.79 Å². The summed E-state index contributed by atoms with van der Waals surface area (Å²) in [7, 11) is 0. The van der Waals surface area contributed by atoms with Crippen LogP contribution in [0.15, 0.2) is 0 Å². The second-order valence-corrected chi connectivity index (χ2v) is 3.57. The number of carbonyl (C=O) groups is 1. The lowest BCUT2D eigenvalue weighted by Crippen LogP contribution is -2.52. The Hall–Kier alpha value is -0.0800. The SMILES string of the molecule is C[C@H]1CN2CC[C@@H]1C(=O)C2.Cl. The van der Waals surface area contributed by atoms with Gasteiger partial charge in [0.05, 0.1) is 6.54 Å². The maximum absolute atomic E-state index is 11.2. The fraction of sp³-hybridized carbons (Fsp3) is 0.875. The first-order valence-corrected chi connectivity index (χ1v) is 4.02.